The van der Waals surface area contributed by atoms with Gasteiger partial charge in [0, 0.05) is 9.77 Å². The SMILES string of the molecule is COC(=O)c1c(C(F)F)ncc(C)c1I. The van der Waals surface area contributed by atoms with Gasteiger partial charge in [-0.15, -0.1) is 0 Å². The number of aryl methyl sites for hydroxylation is 1. The molecular weight excluding hydrogens is 319 g/mol. The minimum absolute atomic E-state index is 0.145. The summed E-state index contributed by atoms with van der Waals surface area (Å²) in [6.45, 7) is 1.69. The van der Waals surface area contributed by atoms with E-state index < -0.39 is 18.1 Å². The summed E-state index contributed by atoms with van der Waals surface area (Å²) < 4.78 is 30.0. The molecule has 0 aromatic carbocycles. The van der Waals surface area contributed by atoms with Crippen LogP contribution in [0, 0.1) is 10.5 Å². The van der Waals surface area contributed by atoms with E-state index in [9.17, 15) is 13.6 Å². The van der Waals surface area contributed by atoms with Crippen LogP contribution in [0.1, 0.15) is 28.0 Å². The summed E-state index contributed by atoms with van der Waals surface area (Å²) in [7, 11) is 1.15. The van der Waals surface area contributed by atoms with Gasteiger partial charge in [-0.25, -0.2) is 13.6 Å². The van der Waals surface area contributed by atoms with Crippen molar-refractivity contribution in [2.75, 3.05) is 7.11 Å². The predicted molar refractivity (Wildman–Crippen MR) is 58.0 cm³/mol. The maximum atomic E-state index is 12.6. The molecule has 0 saturated carbocycles. The first-order chi connectivity index (χ1) is 6.99. The van der Waals surface area contributed by atoms with Crippen LogP contribution in [0.4, 0.5) is 8.78 Å². The van der Waals surface area contributed by atoms with Crippen molar-refractivity contribution in [1.29, 1.82) is 0 Å². The molecule has 0 aliphatic heterocycles. The molecule has 15 heavy (non-hydrogen) atoms. The zero-order valence-electron chi connectivity index (χ0n) is 8.05. The number of ether oxygens (including phenoxy) is 1. The summed E-state index contributed by atoms with van der Waals surface area (Å²) >= 11 is 1.83. The Morgan fingerprint density at radius 3 is 2.67 bits per heavy atom. The van der Waals surface area contributed by atoms with Crippen LogP contribution in [0.3, 0.4) is 0 Å². The second kappa shape index (κ2) is 4.82. The summed E-state index contributed by atoms with van der Waals surface area (Å²) in [6.07, 6.45) is -1.47. The first kappa shape index (κ1) is 12.3. The molecule has 0 aliphatic carbocycles. The lowest BCUT2D eigenvalue weighted by Crippen LogP contribution is -2.11. The van der Waals surface area contributed by atoms with Crippen LogP contribution in [0.5, 0.6) is 0 Å². The number of carbonyl (C=O) groups is 1. The third kappa shape index (κ3) is 2.42. The third-order valence-electron chi connectivity index (χ3n) is 1.82. The molecule has 0 bridgehead atoms. The first-order valence-corrected chi connectivity index (χ1v) is 5.08. The van der Waals surface area contributed by atoms with E-state index in [-0.39, 0.29) is 5.56 Å². The van der Waals surface area contributed by atoms with Crippen molar-refractivity contribution in [2.45, 2.75) is 13.3 Å². The van der Waals surface area contributed by atoms with Gasteiger partial charge in [-0.2, -0.15) is 0 Å². The van der Waals surface area contributed by atoms with E-state index in [1.807, 2.05) is 22.6 Å². The average molecular weight is 327 g/mol. The van der Waals surface area contributed by atoms with Gasteiger partial charge in [-0.3, -0.25) is 4.98 Å². The van der Waals surface area contributed by atoms with Crippen LogP contribution in [-0.2, 0) is 4.74 Å². The smallest absolute Gasteiger partial charge is 0.341 e. The van der Waals surface area contributed by atoms with Gasteiger partial charge in [0.25, 0.3) is 6.43 Å². The second-order valence-electron chi connectivity index (χ2n) is 2.81. The standard InChI is InChI=1S/C9H8F2INO2/c1-4-3-13-7(8(10)11)5(6(4)12)9(14)15-2/h3,8H,1-2H3. The Bertz CT molecular complexity index is 396. The molecule has 0 spiro atoms. The van der Waals surface area contributed by atoms with E-state index >= 15 is 0 Å². The quantitative estimate of drug-likeness (QED) is 0.619. The number of pyridine rings is 1. The van der Waals surface area contributed by atoms with Crippen LogP contribution in [0.2, 0.25) is 0 Å². The highest BCUT2D eigenvalue weighted by molar-refractivity contribution is 14.1. The summed E-state index contributed by atoms with van der Waals surface area (Å²) in [5.41, 5.74) is -0.00894. The second-order valence-corrected chi connectivity index (χ2v) is 3.89. The molecule has 6 heteroatoms. The summed E-state index contributed by atoms with van der Waals surface area (Å²) in [6, 6.07) is 0. The Labute approximate surface area is 99.0 Å². The van der Waals surface area contributed by atoms with E-state index in [1.54, 1.807) is 6.92 Å². The predicted octanol–water partition coefficient (Wildman–Crippen LogP) is 2.72. The highest BCUT2D eigenvalue weighted by atomic mass is 127. The van der Waals surface area contributed by atoms with Gasteiger partial charge in [0.1, 0.15) is 11.3 Å². The van der Waals surface area contributed by atoms with Gasteiger partial charge >= 0.3 is 5.97 Å². The summed E-state index contributed by atoms with van der Waals surface area (Å²) in [5.74, 6) is -0.786. The minimum Gasteiger partial charge on any atom is -0.465 e. The Balaban J connectivity index is 3.41. The highest BCUT2D eigenvalue weighted by Gasteiger charge is 2.24. The summed E-state index contributed by atoms with van der Waals surface area (Å²) in [4.78, 5) is 14.9. The van der Waals surface area contributed by atoms with E-state index in [4.69, 9.17) is 0 Å². The molecular formula is C9H8F2INO2. The Hall–Kier alpha value is -0.790. The molecule has 0 fully saturated rings. The number of halogens is 3. The Morgan fingerprint density at radius 1 is 1.60 bits per heavy atom. The number of aromatic nitrogens is 1. The maximum absolute atomic E-state index is 12.6. The molecule has 1 heterocycles. The fourth-order valence-corrected chi connectivity index (χ4v) is 1.69. The number of nitrogens with zero attached hydrogens (tertiary/aromatic N) is 1. The van der Waals surface area contributed by atoms with Crippen molar-refractivity contribution in [3.8, 4) is 0 Å². The van der Waals surface area contributed by atoms with Crippen molar-refractivity contribution in [3.05, 3.63) is 26.6 Å². The van der Waals surface area contributed by atoms with E-state index in [0.717, 1.165) is 7.11 Å². The van der Waals surface area contributed by atoms with Crippen molar-refractivity contribution >= 4 is 28.6 Å². The van der Waals surface area contributed by atoms with Gasteiger partial charge in [0.05, 0.1) is 7.11 Å². The number of rotatable bonds is 2. The first-order valence-electron chi connectivity index (χ1n) is 4.00. The van der Waals surface area contributed by atoms with Gasteiger partial charge in [-0.05, 0) is 35.1 Å². The van der Waals surface area contributed by atoms with Crippen LogP contribution >= 0.6 is 22.6 Å². The van der Waals surface area contributed by atoms with Crippen molar-refractivity contribution in [2.24, 2.45) is 0 Å². The number of alkyl halides is 2. The van der Waals surface area contributed by atoms with E-state index in [2.05, 4.69) is 9.72 Å². The highest BCUT2D eigenvalue weighted by Crippen LogP contribution is 2.26. The van der Waals surface area contributed by atoms with Crippen LogP contribution < -0.4 is 0 Å². The van der Waals surface area contributed by atoms with Crippen LogP contribution in [0.25, 0.3) is 0 Å². The van der Waals surface area contributed by atoms with Gasteiger partial charge in [0.15, 0.2) is 0 Å². The lowest BCUT2D eigenvalue weighted by molar-refractivity contribution is 0.0585. The van der Waals surface area contributed by atoms with Crippen LogP contribution in [0.15, 0.2) is 6.20 Å². The van der Waals surface area contributed by atoms with Gasteiger partial charge < -0.3 is 4.74 Å². The molecule has 0 atom stereocenters. The molecule has 1 aromatic rings. The molecule has 82 valence electrons. The number of hydrogen-bond donors (Lipinski definition) is 0. The molecule has 0 N–H and O–H groups in total. The third-order valence-corrected chi connectivity index (χ3v) is 3.21. The molecule has 0 aliphatic rings. The fourth-order valence-electron chi connectivity index (χ4n) is 1.06. The number of carbonyl (C=O) groups excluding carboxylic acids is 1. The molecule has 0 unspecified atom stereocenters. The minimum atomic E-state index is -2.78. The van der Waals surface area contributed by atoms with Gasteiger partial charge in [0.2, 0.25) is 0 Å². The van der Waals surface area contributed by atoms with E-state index in [1.165, 1.54) is 6.20 Å². The molecule has 0 saturated heterocycles. The number of esters is 1. The molecule has 1 rings (SSSR count). The van der Waals surface area contributed by atoms with Crippen molar-refractivity contribution in [1.82, 2.24) is 4.98 Å². The molecule has 0 amide bonds. The lowest BCUT2D eigenvalue weighted by Gasteiger charge is -2.09. The summed E-state index contributed by atoms with van der Waals surface area (Å²) in [5, 5.41) is 0. The topological polar surface area (TPSA) is 39.2 Å². The Morgan fingerprint density at radius 2 is 2.20 bits per heavy atom. The lowest BCUT2D eigenvalue weighted by atomic mass is 10.1. The maximum Gasteiger partial charge on any atom is 0.341 e. The molecule has 1 aromatic heterocycles. The van der Waals surface area contributed by atoms with Crippen molar-refractivity contribution in [3.63, 3.8) is 0 Å². The molecule has 0 radical (unpaired) electrons. The number of hydrogen-bond acceptors (Lipinski definition) is 3. The number of methoxy groups -OCH3 is 1. The monoisotopic (exact) mass is 327 g/mol. The fraction of sp³-hybridized carbons (Fsp3) is 0.333. The molecule has 3 nitrogen and oxygen atoms in total. The zero-order valence-corrected chi connectivity index (χ0v) is 10.2. The van der Waals surface area contributed by atoms with E-state index in [0.29, 0.717) is 9.13 Å². The Kier molecular flexibility index (Phi) is 3.95. The zero-order chi connectivity index (χ0) is 11.6. The van der Waals surface area contributed by atoms with Crippen molar-refractivity contribution < 1.29 is 18.3 Å². The normalized spacial score (nSPS) is 10.5. The largest absolute Gasteiger partial charge is 0.465 e. The van der Waals surface area contributed by atoms with Crippen LogP contribution in [-0.4, -0.2) is 18.1 Å². The van der Waals surface area contributed by atoms with Gasteiger partial charge in [-0.1, -0.05) is 0 Å². The average Bonchev–Trinajstić information content (AvgIpc) is 2.20.